The zero-order chi connectivity index (χ0) is 13.3. The summed E-state index contributed by atoms with van der Waals surface area (Å²) in [6.07, 6.45) is 2.04. The van der Waals surface area contributed by atoms with Crippen molar-refractivity contribution in [1.82, 2.24) is 14.5 Å². The first-order valence-corrected chi connectivity index (χ1v) is 6.18. The number of aromatic nitrogens is 2. The van der Waals surface area contributed by atoms with E-state index in [1.54, 1.807) is 0 Å². The molecule has 0 atom stereocenters. The maximum Gasteiger partial charge on any atom is 0.329 e. The highest BCUT2D eigenvalue weighted by Gasteiger charge is 2.30. The Kier molecular flexibility index (Phi) is 3.30. The van der Waals surface area contributed by atoms with Crippen molar-refractivity contribution in [3.8, 4) is 0 Å². The number of hydrogen-bond acceptors (Lipinski definition) is 4. The van der Waals surface area contributed by atoms with Crippen molar-refractivity contribution in [3.63, 3.8) is 0 Å². The second-order valence-electron chi connectivity index (χ2n) is 5.56. The molecule has 1 aromatic rings. The van der Waals surface area contributed by atoms with Crippen LogP contribution in [0.1, 0.15) is 19.8 Å². The third-order valence-electron chi connectivity index (χ3n) is 3.80. The van der Waals surface area contributed by atoms with E-state index in [0.29, 0.717) is 6.54 Å². The third kappa shape index (κ3) is 2.64. The number of nitrogens with zero attached hydrogens (tertiary/aromatic N) is 2. The monoisotopic (exact) mass is 252 g/mol. The van der Waals surface area contributed by atoms with Gasteiger partial charge in [-0.05, 0) is 38.4 Å². The van der Waals surface area contributed by atoms with Crippen LogP contribution < -0.4 is 17.0 Å². The molecule has 1 aliphatic heterocycles. The fourth-order valence-electron chi connectivity index (χ4n) is 2.40. The first-order chi connectivity index (χ1) is 8.39. The van der Waals surface area contributed by atoms with Gasteiger partial charge in [-0.15, -0.1) is 0 Å². The van der Waals surface area contributed by atoms with Crippen LogP contribution in [0.25, 0.3) is 0 Å². The van der Waals surface area contributed by atoms with E-state index in [4.69, 9.17) is 5.73 Å². The minimum absolute atomic E-state index is 0.0582. The summed E-state index contributed by atoms with van der Waals surface area (Å²) in [6.45, 7) is 4.77. The SMILES string of the molecule is CN1CCC(C)(Cn2c(N)cc(=O)[nH]c2=O)CC1. The largest absolute Gasteiger partial charge is 0.385 e. The summed E-state index contributed by atoms with van der Waals surface area (Å²) in [6, 6.07) is 1.26. The molecule has 0 radical (unpaired) electrons. The van der Waals surface area contributed by atoms with Gasteiger partial charge in [-0.25, -0.2) is 4.79 Å². The Hall–Kier alpha value is -1.56. The average molecular weight is 252 g/mol. The quantitative estimate of drug-likeness (QED) is 0.766. The van der Waals surface area contributed by atoms with E-state index in [0.717, 1.165) is 25.9 Å². The van der Waals surface area contributed by atoms with Gasteiger partial charge >= 0.3 is 5.69 Å². The lowest BCUT2D eigenvalue weighted by Crippen LogP contribution is -2.42. The van der Waals surface area contributed by atoms with Gasteiger partial charge in [-0.2, -0.15) is 0 Å². The molecule has 1 aromatic heterocycles. The van der Waals surface area contributed by atoms with Gasteiger partial charge in [0.2, 0.25) is 0 Å². The molecule has 0 amide bonds. The molecule has 1 aliphatic rings. The van der Waals surface area contributed by atoms with Crippen molar-refractivity contribution < 1.29 is 0 Å². The maximum absolute atomic E-state index is 11.8. The van der Waals surface area contributed by atoms with Crippen LogP contribution in [0.3, 0.4) is 0 Å². The molecule has 0 unspecified atom stereocenters. The number of nitrogen functional groups attached to an aromatic ring is 1. The van der Waals surface area contributed by atoms with E-state index in [9.17, 15) is 9.59 Å². The van der Waals surface area contributed by atoms with Crippen LogP contribution in [-0.2, 0) is 6.54 Å². The molecule has 0 bridgehead atoms. The zero-order valence-electron chi connectivity index (χ0n) is 10.9. The zero-order valence-corrected chi connectivity index (χ0v) is 10.9. The molecule has 2 rings (SSSR count). The van der Waals surface area contributed by atoms with Gasteiger partial charge in [-0.3, -0.25) is 14.3 Å². The molecule has 18 heavy (non-hydrogen) atoms. The average Bonchev–Trinajstić information content (AvgIpc) is 2.28. The number of rotatable bonds is 2. The molecule has 100 valence electrons. The highest BCUT2D eigenvalue weighted by atomic mass is 16.2. The first kappa shape index (κ1) is 12.9. The Morgan fingerprint density at radius 1 is 1.39 bits per heavy atom. The number of anilines is 1. The summed E-state index contributed by atoms with van der Waals surface area (Å²) < 4.78 is 1.46. The van der Waals surface area contributed by atoms with Gasteiger partial charge in [0.05, 0.1) is 0 Å². The summed E-state index contributed by atoms with van der Waals surface area (Å²) in [5, 5.41) is 0. The molecule has 0 aromatic carbocycles. The number of nitrogens with two attached hydrogens (primary N) is 1. The van der Waals surface area contributed by atoms with Crippen molar-refractivity contribution in [2.24, 2.45) is 5.41 Å². The van der Waals surface area contributed by atoms with Crippen molar-refractivity contribution >= 4 is 5.82 Å². The normalized spacial score (nSPS) is 19.9. The van der Waals surface area contributed by atoms with E-state index < -0.39 is 11.2 Å². The standard InChI is InChI=1S/C12H20N4O2/c1-12(3-5-15(2)6-4-12)8-16-9(13)7-10(17)14-11(16)18/h7H,3-6,8,13H2,1-2H3,(H,14,17,18). The Bertz CT molecular complexity index is 538. The van der Waals surface area contributed by atoms with Gasteiger partial charge in [0, 0.05) is 12.6 Å². The van der Waals surface area contributed by atoms with Crippen molar-refractivity contribution in [3.05, 3.63) is 26.9 Å². The lowest BCUT2D eigenvalue weighted by Gasteiger charge is -2.38. The number of piperidine rings is 1. The lowest BCUT2D eigenvalue weighted by molar-refractivity contribution is 0.119. The summed E-state index contributed by atoms with van der Waals surface area (Å²) in [7, 11) is 2.10. The first-order valence-electron chi connectivity index (χ1n) is 6.18. The van der Waals surface area contributed by atoms with Crippen LogP contribution in [0.4, 0.5) is 5.82 Å². The molecular formula is C12H20N4O2. The molecule has 6 nitrogen and oxygen atoms in total. The summed E-state index contributed by atoms with van der Waals surface area (Å²) in [5.41, 5.74) is 4.96. The molecule has 0 spiro atoms. The van der Waals surface area contributed by atoms with E-state index in [1.807, 2.05) is 0 Å². The predicted octanol–water partition coefficient (Wildman–Crippen LogP) is -0.149. The lowest BCUT2D eigenvalue weighted by atomic mass is 9.80. The van der Waals surface area contributed by atoms with Gasteiger partial charge in [0.1, 0.15) is 5.82 Å². The third-order valence-corrected chi connectivity index (χ3v) is 3.80. The van der Waals surface area contributed by atoms with E-state index in [2.05, 4.69) is 23.9 Å². The molecule has 2 heterocycles. The highest BCUT2D eigenvalue weighted by Crippen LogP contribution is 2.32. The van der Waals surface area contributed by atoms with Crippen LogP contribution in [0.15, 0.2) is 15.7 Å². The Morgan fingerprint density at radius 2 is 2.00 bits per heavy atom. The van der Waals surface area contributed by atoms with Gasteiger partial charge < -0.3 is 10.6 Å². The fraction of sp³-hybridized carbons (Fsp3) is 0.667. The summed E-state index contributed by atoms with van der Waals surface area (Å²) >= 11 is 0. The molecule has 0 aliphatic carbocycles. The predicted molar refractivity (Wildman–Crippen MR) is 70.6 cm³/mol. The number of H-pyrrole nitrogens is 1. The number of aromatic amines is 1. The molecule has 0 saturated carbocycles. The van der Waals surface area contributed by atoms with Gasteiger partial charge in [0.25, 0.3) is 5.56 Å². The van der Waals surface area contributed by atoms with E-state index >= 15 is 0 Å². The minimum atomic E-state index is -0.442. The van der Waals surface area contributed by atoms with E-state index in [-0.39, 0.29) is 11.2 Å². The van der Waals surface area contributed by atoms with Crippen molar-refractivity contribution in [2.45, 2.75) is 26.3 Å². The molecule has 1 saturated heterocycles. The van der Waals surface area contributed by atoms with Gasteiger partial charge in [-0.1, -0.05) is 6.92 Å². The Morgan fingerprint density at radius 3 is 2.56 bits per heavy atom. The second kappa shape index (κ2) is 4.61. The second-order valence-corrected chi connectivity index (χ2v) is 5.56. The van der Waals surface area contributed by atoms with Crippen LogP contribution in [0.5, 0.6) is 0 Å². The minimum Gasteiger partial charge on any atom is -0.385 e. The highest BCUT2D eigenvalue weighted by molar-refractivity contribution is 5.26. The molecule has 3 N–H and O–H groups in total. The summed E-state index contributed by atoms with van der Waals surface area (Å²) in [4.78, 5) is 27.4. The molecule has 1 fully saturated rings. The molecular weight excluding hydrogens is 232 g/mol. The number of likely N-dealkylation sites (tertiary alicyclic amines) is 1. The number of hydrogen-bond donors (Lipinski definition) is 2. The van der Waals surface area contributed by atoms with Crippen LogP contribution in [0.2, 0.25) is 0 Å². The molecule has 6 heteroatoms. The smallest absolute Gasteiger partial charge is 0.329 e. The van der Waals surface area contributed by atoms with E-state index in [1.165, 1.54) is 10.6 Å². The Labute approximate surface area is 105 Å². The maximum atomic E-state index is 11.8. The van der Waals surface area contributed by atoms with Crippen LogP contribution >= 0.6 is 0 Å². The fourth-order valence-corrected chi connectivity index (χ4v) is 2.40. The van der Waals surface area contributed by atoms with Crippen LogP contribution in [0, 0.1) is 5.41 Å². The van der Waals surface area contributed by atoms with Gasteiger partial charge in [0.15, 0.2) is 0 Å². The van der Waals surface area contributed by atoms with Crippen LogP contribution in [-0.4, -0.2) is 34.6 Å². The van der Waals surface area contributed by atoms with Crippen molar-refractivity contribution in [1.29, 1.82) is 0 Å². The van der Waals surface area contributed by atoms with Crippen molar-refractivity contribution in [2.75, 3.05) is 25.9 Å². The number of nitrogens with one attached hydrogen (secondary N) is 1. The topological polar surface area (TPSA) is 84.1 Å². The summed E-state index contributed by atoms with van der Waals surface area (Å²) in [5.74, 6) is 0.240. The Balaban J connectivity index is 2.24.